The molecule has 0 saturated carbocycles. The Bertz CT molecular complexity index is 576. The SMILES string of the molecule is CC(=O)Nc1ccc(C(=O)N(C)Cc2cn[nH]c2)s1. The van der Waals surface area contributed by atoms with Crippen molar-refractivity contribution in [3.05, 3.63) is 35.0 Å². The van der Waals surface area contributed by atoms with Crippen LogP contribution in [-0.4, -0.2) is 34.0 Å². The van der Waals surface area contributed by atoms with Crippen molar-refractivity contribution in [1.82, 2.24) is 15.1 Å². The summed E-state index contributed by atoms with van der Waals surface area (Å²) in [4.78, 5) is 25.3. The van der Waals surface area contributed by atoms with Crippen LogP contribution in [0.15, 0.2) is 24.5 Å². The lowest BCUT2D eigenvalue weighted by Crippen LogP contribution is -2.25. The molecule has 7 heteroatoms. The molecule has 2 amide bonds. The highest BCUT2D eigenvalue weighted by molar-refractivity contribution is 7.18. The van der Waals surface area contributed by atoms with Gasteiger partial charge in [-0.15, -0.1) is 11.3 Å². The number of hydrogen-bond donors (Lipinski definition) is 2. The summed E-state index contributed by atoms with van der Waals surface area (Å²) in [6, 6.07) is 3.44. The average Bonchev–Trinajstić information content (AvgIpc) is 2.98. The van der Waals surface area contributed by atoms with Crippen LogP contribution in [0.4, 0.5) is 5.00 Å². The van der Waals surface area contributed by atoms with Crippen LogP contribution >= 0.6 is 11.3 Å². The lowest BCUT2D eigenvalue weighted by Gasteiger charge is -2.14. The molecular formula is C12H14N4O2S. The van der Waals surface area contributed by atoms with Gasteiger partial charge in [0, 0.05) is 32.3 Å². The number of anilines is 1. The number of thiophene rings is 1. The van der Waals surface area contributed by atoms with Crippen molar-refractivity contribution in [3.63, 3.8) is 0 Å². The largest absolute Gasteiger partial charge is 0.337 e. The number of hydrogen-bond acceptors (Lipinski definition) is 4. The summed E-state index contributed by atoms with van der Waals surface area (Å²) in [5.41, 5.74) is 0.939. The summed E-state index contributed by atoms with van der Waals surface area (Å²) in [6.45, 7) is 1.93. The monoisotopic (exact) mass is 278 g/mol. The minimum absolute atomic E-state index is 0.0807. The van der Waals surface area contributed by atoms with Gasteiger partial charge >= 0.3 is 0 Å². The maximum Gasteiger partial charge on any atom is 0.264 e. The van der Waals surface area contributed by atoms with Crippen LogP contribution < -0.4 is 5.32 Å². The van der Waals surface area contributed by atoms with Crippen LogP contribution in [0.1, 0.15) is 22.2 Å². The number of aromatic amines is 1. The topological polar surface area (TPSA) is 78.1 Å². The zero-order chi connectivity index (χ0) is 13.8. The molecular weight excluding hydrogens is 264 g/mol. The summed E-state index contributed by atoms with van der Waals surface area (Å²) in [5, 5.41) is 9.87. The Labute approximate surface area is 114 Å². The minimum atomic E-state index is -0.146. The summed E-state index contributed by atoms with van der Waals surface area (Å²) in [6.07, 6.45) is 3.43. The van der Waals surface area contributed by atoms with Crippen molar-refractivity contribution >= 4 is 28.2 Å². The zero-order valence-corrected chi connectivity index (χ0v) is 11.5. The molecule has 2 rings (SSSR count). The van der Waals surface area contributed by atoms with Gasteiger partial charge in [0.1, 0.15) is 0 Å². The third kappa shape index (κ3) is 3.41. The second-order valence-electron chi connectivity index (χ2n) is 4.11. The molecule has 2 heterocycles. The predicted octanol–water partition coefficient (Wildman–Crippen LogP) is 1.70. The molecule has 0 aliphatic rings. The van der Waals surface area contributed by atoms with Crippen molar-refractivity contribution in [2.24, 2.45) is 0 Å². The van der Waals surface area contributed by atoms with E-state index in [1.165, 1.54) is 18.3 Å². The molecule has 100 valence electrons. The molecule has 0 aromatic carbocycles. The van der Waals surface area contributed by atoms with Gasteiger partial charge in [0.15, 0.2) is 0 Å². The molecule has 0 saturated heterocycles. The minimum Gasteiger partial charge on any atom is -0.337 e. The first-order chi connectivity index (χ1) is 9.06. The normalized spacial score (nSPS) is 10.2. The van der Waals surface area contributed by atoms with Gasteiger partial charge in [0.2, 0.25) is 5.91 Å². The van der Waals surface area contributed by atoms with E-state index < -0.39 is 0 Å². The number of H-pyrrole nitrogens is 1. The number of rotatable bonds is 4. The number of carbonyl (C=O) groups excluding carboxylic acids is 2. The molecule has 0 radical (unpaired) electrons. The van der Waals surface area contributed by atoms with Gasteiger partial charge in [-0.1, -0.05) is 0 Å². The number of carbonyl (C=O) groups is 2. The van der Waals surface area contributed by atoms with Crippen LogP contribution in [0.2, 0.25) is 0 Å². The van der Waals surface area contributed by atoms with Gasteiger partial charge < -0.3 is 10.2 Å². The third-order valence-electron chi connectivity index (χ3n) is 2.44. The number of aromatic nitrogens is 2. The standard InChI is InChI=1S/C12H14N4O2S/c1-8(17)15-11-4-3-10(19-11)12(18)16(2)7-9-5-13-14-6-9/h3-6H,7H2,1-2H3,(H,13,14)(H,15,17). The van der Waals surface area contributed by atoms with E-state index in [9.17, 15) is 9.59 Å². The van der Waals surface area contributed by atoms with Crippen LogP contribution in [-0.2, 0) is 11.3 Å². The summed E-state index contributed by atoms with van der Waals surface area (Å²) >= 11 is 1.26. The lowest BCUT2D eigenvalue weighted by molar-refractivity contribution is -0.114. The molecule has 0 aliphatic carbocycles. The fourth-order valence-electron chi connectivity index (χ4n) is 1.59. The van der Waals surface area contributed by atoms with Gasteiger partial charge in [0.05, 0.1) is 16.1 Å². The molecule has 2 N–H and O–H groups in total. The van der Waals surface area contributed by atoms with E-state index in [1.807, 2.05) is 0 Å². The molecule has 6 nitrogen and oxygen atoms in total. The maximum atomic E-state index is 12.2. The Kier molecular flexibility index (Phi) is 3.96. The molecule has 2 aromatic rings. The fourth-order valence-corrected chi connectivity index (χ4v) is 2.54. The highest BCUT2D eigenvalue weighted by Gasteiger charge is 2.15. The second-order valence-corrected chi connectivity index (χ2v) is 5.20. The van der Waals surface area contributed by atoms with Crippen LogP contribution in [0.5, 0.6) is 0 Å². The van der Waals surface area contributed by atoms with Gasteiger partial charge in [0.25, 0.3) is 5.91 Å². The Morgan fingerprint density at radius 1 is 1.47 bits per heavy atom. The van der Waals surface area contributed by atoms with E-state index >= 15 is 0 Å². The molecule has 0 unspecified atom stereocenters. The molecule has 0 spiro atoms. The first kappa shape index (κ1) is 13.3. The number of nitrogens with zero attached hydrogens (tertiary/aromatic N) is 2. The second kappa shape index (κ2) is 5.66. The molecule has 2 aromatic heterocycles. The maximum absolute atomic E-state index is 12.2. The van der Waals surface area contributed by atoms with Gasteiger partial charge in [-0.25, -0.2) is 0 Å². The van der Waals surface area contributed by atoms with Crippen LogP contribution in [0, 0.1) is 0 Å². The quantitative estimate of drug-likeness (QED) is 0.893. The lowest BCUT2D eigenvalue weighted by atomic mass is 10.3. The molecule has 0 aliphatic heterocycles. The molecule has 0 fully saturated rings. The Morgan fingerprint density at radius 3 is 2.89 bits per heavy atom. The average molecular weight is 278 g/mol. The fraction of sp³-hybridized carbons (Fsp3) is 0.250. The van der Waals surface area contributed by atoms with Gasteiger partial charge in [-0.05, 0) is 12.1 Å². The Morgan fingerprint density at radius 2 is 2.26 bits per heavy atom. The zero-order valence-electron chi connectivity index (χ0n) is 10.6. The highest BCUT2D eigenvalue weighted by atomic mass is 32.1. The molecule has 0 bridgehead atoms. The smallest absolute Gasteiger partial charge is 0.264 e. The van der Waals surface area contributed by atoms with Gasteiger partial charge in [-0.2, -0.15) is 5.10 Å². The first-order valence-electron chi connectivity index (χ1n) is 5.67. The van der Waals surface area contributed by atoms with E-state index in [0.717, 1.165) is 5.56 Å². The van der Waals surface area contributed by atoms with Crippen molar-refractivity contribution in [2.75, 3.05) is 12.4 Å². The summed E-state index contributed by atoms with van der Waals surface area (Å²) in [5.74, 6) is -0.226. The highest BCUT2D eigenvalue weighted by Crippen LogP contribution is 2.23. The van der Waals surface area contributed by atoms with Crippen molar-refractivity contribution in [1.29, 1.82) is 0 Å². The number of amides is 2. The predicted molar refractivity (Wildman–Crippen MR) is 73.0 cm³/mol. The van der Waals surface area contributed by atoms with Crippen molar-refractivity contribution < 1.29 is 9.59 Å². The Hall–Kier alpha value is -2.15. The summed E-state index contributed by atoms with van der Waals surface area (Å²) in [7, 11) is 1.73. The van der Waals surface area contributed by atoms with Crippen molar-refractivity contribution in [3.8, 4) is 0 Å². The van der Waals surface area contributed by atoms with E-state index in [0.29, 0.717) is 16.4 Å². The molecule has 0 atom stereocenters. The van der Waals surface area contributed by atoms with E-state index in [4.69, 9.17) is 0 Å². The van der Waals surface area contributed by atoms with Crippen LogP contribution in [0.25, 0.3) is 0 Å². The number of nitrogens with one attached hydrogen (secondary N) is 2. The van der Waals surface area contributed by atoms with Gasteiger partial charge in [-0.3, -0.25) is 14.7 Å². The first-order valence-corrected chi connectivity index (χ1v) is 6.48. The Balaban J connectivity index is 2.02. The third-order valence-corrected chi connectivity index (χ3v) is 3.43. The summed E-state index contributed by atoms with van der Waals surface area (Å²) < 4.78 is 0. The van der Waals surface area contributed by atoms with Crippen LogP contribution in [0.3, 0.4) is 0 Å². The molecule has 19 heavy (non-hydrogen) atoms. The van der Waals surface area contributed by atoms with E-state index in [-0.39, 0.29) is 11.8 Å². The van der Waals surface area contributed by atoms with Crippen molar-refractivity contribution in [2.45, 2.75) is 13.5 Å². The van der Waals surface area contributed by atoms with E-state index in [2.05, 4.69) is 15.5 Å². The van der Waals surface area contributed by atoms with E-state index in [1.54, 1.807) is 36.5 Å².